The summed E-state index contributed by atoms with van der Waals surface area (Å²) in [5, 5.41) is 0. The number of Topliss-reactive ketones (excluding diaryl/α,β-unsaturated/α-hetero) is 1. The summed E-state index contributed by atoms with van der Waals surface area (Å²) in [5.41, 5.74) is 0.564. The number of carbonyl (C=O) groups excluding carboxylic acids is 1. The van der Waals surface area contributed by atoms with Crippen LogP contribution in [0.3, 0.4) is 0 Å². The van der Waals surface area contributed by atoms with Crippen LogP contribution in [0.1, 0.15) is 39.2 Å². The second-order valence-electron chi connectivity index (χ2n) is 4.85. The average Bonchev–Trinajstić information content (AvgIpc) is 2.28. The largest absolute Gasteiger partial charge is 0.299 e. The molecule has 0 saturated carbocycles. The van der Waals surface area contributed by atoms with Crippen LogP contribution < -0.4 is 4.72 Å². The van der Waals surface area contributed by atoms with Gasteiger partial charge in [0.25, 0.3) is 0 Å². The van der Waals surface area contributed by atoms with Crippen molar-refractivity contribution in [2.75, 3.05) is 0 Å². The van der Waals surface area contributed by atoms with Crippen LogP contribution >= 0.6 is 0 Å². The first-order chi connectivity index (χ1) is 8.86. The molecule has 0 aliphatic heterocycles. The Hall–Kier alpha value is -1.20. The Morgan fingerprint density at radius 2 is 1.89 bits per heavy atom. The second-order valence-corrected chi connectivity index (χ2v) is 6.53. The molecule has 106 valence electrons. The van der Waals surface area contributed by atoms with Gasteiger partial charge in [-0.1, -0.05) is 25.1 Å². The third kappa shape index (κ3) is 4.76. The fourth-order valence-corrected chi connectivity index (χ4v) is 3.36. The number of rotatable bonds is 7. The third-order valence-electron chi connectivity index (χ3n) is 2.57. The highest BCUT2D eigenvalue weighted by molar-refractivity contribution is 7.89. The molecule has 0 atom stereocenters. The van der Waals surface area contributed by atoms with Gasteiger partial charge in [0.05, 0.1) is 4.90 Å². The normalized spacial score (nSPS) is 11.8. The fourth-order valence-electron chi connectivity index (χ4n) is 1.87. The predicted molar refractivity (Wildman–Crippen MR) is 75.5 cm³/mol. The molecule has 0 bridgehead atoms. The minimum atomic E-state index is -3.55. The summed E-state index contributed by atoms with van der Waals surface area (Å²) in [4.78, 5) is 11.9. The van der Waals surface area contributed by atoms with E-state index in [1.54, 1.807) is 38.1 Å². The van der Waals surface area contributed by atoms with Gasteiger partial charge in [0, 0.05) is 18.9 Å². The Labute approximate surface area is 115 Å². The average molecular weight is 283 g/mol. The Balaban J connectivity index is 3.05. The van der Waals surface area contributed by atoms with Crippen molar-refractivity contribution in [1.29, 1.82) is 0 Å². The maximum Gasteiger partial charge on any atom is 0.241 e. The molecule has 0 heterocycles. The van der Waals surface area contributed by atoms with Gasteiger partial charge in [-0.2, -0.15) is 0 Å². The van der Waals surface area contributed by atoms with E-state index >= 15 is 0 Å². The summed E-state index contributed by atoms with van der Waals surface area (Å²) < 4.78 is 26.9. The van der Waals surface area contributed by atoms with Crippen LogP contribution in [-0.2, 0) is 21.2 Å². The molecule has 1 aromatic carbocycles. The molecule has 1 N–H and O–H groups in total. The maximum absolute atomic E-state index is 12.2. The van der Waals surface area contributed by atoms with E-state index in [0.717, 1.165) is 6.42 Å². The van der Waals surface area contributed by atoms with E-state index in [9.17, 15) is 13.2 Å². The van der Waals surface area contributed by atoms with Gasteiger partial charge < -0.3 is 0 Å². The van der Waals surface area contributed by atoms with Gasteiger partial charge in [-0.05, 0) is 31.9 Å². The summed E-state index contributed by atoms with van der Waals surface area (Å²) in [6.07, 6.45) is 1.42. The SMILES string of the molecule is CCCC(=O)Cc1ccccc1S(=O)(=O)NC(C)C. The topological polar surface area (TPSA) is 63.2 Å². The molecule has 19 heavy (non-hydrogen) atoms. The zero-order chi connectivity index (χ0) is 14.5. The van der Waals surface area contributed by atoms with Crippen molar-refractivity contribution in [3.8, 4) is 0 Å². The predicted octanol–water partition coefficient (Wildman–Crippen LogP) is 2.29. The molecule has 0 aromatic heterocycles. The first kappa shape index (κ1) is 15.9. The molecule has 0 unspecified atom stereocenters. The molecule has 1 aromatic rings. The molecule has 0 spiro atoms. The summed E-state index contributed by atoms with van der Waals surface area (Å²) in [6, 6.07) is 6.48. The maximum atomic E-state index is 12.2. The first-order valence-corrected chi connectivity index (χ1v) is 7.97. The lowest BCUT2D eigenvalue weighted by atomic mass is 10.1. The highest BCUT2D eigenvalue weighted by Crippen LogP contribution is 2.17. The number of sulfonamides is 1. The quantitative estimate of drug-likeness (QED) is 0.835. The van der Waals surface area contributed by atoms with Crippen molar-refractivity contribution in [2.24, 2.45) is 0 Å². The van der Waals surface area contributed by atoms with Crippen LogP contribution in [0.4, 0.5) is 0 Å². The molecule has 1 rings (SSSR count). The fraction of sp³-hybridized carbons (Fsp3) is 0.500. The van der Waals surface area contributed by atoms with Crippen molar-refractivity contribution in [3.63, 3.8) is 0 Å². The van der Waals surface area contributed by atoms with E-state index in [4.69, 9.17) is 0 Å². The van der Waals surface area contributed by atoms with Crippen LogP contribution in [0.2, 0.25) is 0 Å². The number of nitrogens with one attached hydrogen (secondary N) is 1. The number of hydrogen-bond acceptors (Lipinski definition) is 3. The summed E-state index contributed by atoms with van der Waals surface area (Å²) in [7, 11) is -3.55. The Morgan fingerprint density at radius 1 is 1.26 bits per heavy atom. The second kappa shape index (κ2) is 6.82. The number of benzene rings is 1. The molecule has 4 nitrogen and oxygen atoms in total. The highest BCUT2D eigenvalue weighted by atomic mass is 32.2. The lowest BCUT2D eigenvalue weighted by molar-refractivity contribution is -0.118. The molecule has 0 amide bonds. The monoisotopic (exact) mass is 283 g/mol. The minimum Gasteiger partial charge on any atom is -0.299 e. The van der Waals surface area contributed by atoms with Gasteiger partial charge in [-0.15, -0.1) is 0 Å². The zero-order valence-corrected chi connectivity index (χ0v) is 12.5. The van der Waals surface area contributed by atoms with Crippen molar-refractivity contribution in [2.45, 2.75) is 51.0 Å². The summed E-state index contributed by atoms with van der Waals surface area (Å²) >= 11 is 0. The van der Waals surface area contributed by atoms with Gasteiger partial charge in [-0.25, -0.2) is 13.1 Å². The number of carbonyl (C=O) groups is 1. The molecule has 0 radical (unpaired) electrons. The van der Waals surface area contributed by atoms with E-state index in [1.165, 1.54) is 0 Å². The van der Waals surface area contributed by atoms with E-state index in [1.807, 2.05) is 6.92 Å². The lowest BCUT2D eigenvalue weighted by Crippen LogP contribution is -2.31. The highest BCUT2D eigenvalue weighted by Gasteiger charge is 2.19. The van der Waals surface area contributed by atoms with E-state index in [-0.39, 0.29) is 23.1 Å². The van der Waals surface area contributed by atoms with E-state index in [0.29, 0.717) is 12.0 Å². The van der Waals surface area contributed by atoms with E-state index in [2.05, 4.69) is 4.72 Å². The lowest BCUT2D eigenvalue weighted by Gasteiger charge is -2.13. The van der Waals surface area contributed by atoms with Crippen molar-refractivity contribution < 1.29 is 13.2 Å². The zero-order valence-electron chi connectivity index (χ0n) is 11.6. The van der Waals surface area contributed by atoms with Crippen LogP contribution in [0.15, 0.2) is 29.2 Å². The minimum absolute atomic E-state index is 0.0645. The van der Waals surface area contributed by atoms with Gasteiger partial charge in [0.15, 0.2) is 0 Å². The van der Waals surface area contributed by atoms with E-state index < -0.39 is 10.0 Å². The number of hydrogen-bond donors (Lipinski definition) is 1. The van der Waals surface area contributed by atoms with Crippen LogP contribution in [0, 0.1) is 0 Å². The third-order valence-corrected chi connectivity index (χ3v) is 4.33. The molecule has 0 aliphatic rings. The molecule has 0 aliphatic carbocycles. The Bertz CT molecular complexity index is 535. The van der Waals surface area contributed by atoms with Crippen LogP contribution in [0.5, 0.6) is 0 Å². The van der Waals surface area contributed by atoms with Crippen LogP contribution in [0.25, 0.3) is 0 Å². The van der Waals surface area contributed by atoms with Gasteiger partial charge >= 0.3 is 0 Å². The molecular formula is C14H21NO3S. The summed E-state index contributed by atoms with van der Waals surface area (Å²) in [6.45, 7) is 5.46. The van der Waals surface area contributed by atoms with Crippen molar-refractivity contribution in [3.05, 3.63) is 29.8 Å². The number of ketones is 1. The first-order valence-electron chi connectivity index (χ1n) is 6.48. The van der Waals surface area contributed by atoms with Crippen molar-refractivity contribution >= 4 is 15.8 Å². The smallest absolute Gasteiger partial charge is 0.241 e. The van der Waals surface area contributed by atoms with Gasteiger partial charge in [-0.3, -0.25) is 4.79 Å². The van der Waals surface area contributed by atoms with Gasteiger partial charge in [0.2, 0.25) is 10.0 Å². The van der Waals surface area contributed by atoms with Gasteiger partial charge in [0.1, 0.15) is 5.78 Å². The van der Waals surface area contributed by atoms with Crippen molar-refractivity contribution in [1.82, 2.24) is 4.72 Å². The Morgan fingerprint density at radius 3 is 2.47 bits per heavy atom. The van der Waals surface area contributed by atoms with Crippen LogP contribution in [-0.4, -0.2) is 20.2 Å². The molecule has 5 heteroatoms. The molecule has 0 fully saturated rings. The summed E-state index contributed by atoms with van der Waals surface area (Å²) in [5.74, 6) is 0.0645. The Kier molecular flexibility index (Phi) is 5.69. The molecular weight excluding hydrogens is 262 g/mol. The standard InChI is InChI=1S/C14H21NO3S/c1-4-7-13(16)10-12-8-5-6-9-14(12)19(17,18)15-11(2)3/h5-6,8-9,11,15H,4,7,10H2,1-3H3. The molecule has 0 saturated heterocycles.